The van der Waals surface area contributed by atoms with Gasteiger partial charge in [0.2, 0.25) is 0 Å². The topological polar surface area (TPSA) is 73.5 Å². The van der Waals surface area contributed by atoms with Crippen LogP contribution in [0, 0.1) is 0 Å². The molecule has 0 aliphatic carbocycles. The number of ether oxygens (including phenoxy) is 1. The van der Waals surface area contributed by atoms with Gasteiger partial charge < -0.3 is 14.5 Å². The van der Waals surface area contributed by atoms with Crippen molar-refractivity contribution < 1.29 is 13.9 Å². The molecule has 1 N–H and O–H groups in total. The molecular formula is C17H16N2O4. The molecule has 1 heterocycles. The van der Waals surface area contributed by atoms with Crippen molar-refractivity contribution in [1.82, 2.24) is 4.57 Å². The summed E-state index contributed by atoms with van der Waals surface area (Å²) in [6, 6.07) is 14.3. The van der Waals surface area contributed by atoms with Gasteiger partial charge in [0.15, 0.2) is 11.7 Å². The highest BCUT2D eigenvalue weighted by Crippen LogP contribution is 2.21. The zero-order valence-corrected chi connectivity index (χ0v) is 12.8. The van der Waals surface area contributed by atoms with Gasteiger partial charge in [0.1, 0.15) is 0 Å². The summed E-state index contributed by atoms with van der Waals surface area (Å²) in [5.41, 5.74) is 2.39. The highest BCUT2D eigenvalue weighted by molar-refractivity contribution is 5.96. The van der Waals surface area contributed by atoms with Gasteiger partial charge in [0.05, 0.1) is 5.52 Å². The number of nitrogens with one attached hydrogen (secondary N) is 1. The van der Waals surface area contributed by atoms with Crippen LogP contribution in [0.2, 0.25) is 0 Å². The lowest BCUT2D eigenvalue weighted by Gasteiger charge is -2.15. The average molecular weight is 312 g/mol. The highest BCUT2D eigenvalue weighted by Gasteiger charge is 2.20. The molecule has 118 valence electrons. The van der Waals surface area contributed by atoms with Crippen molar-refractivity contribution >= 4 is 22.7 Å². The maximum Gasteiger partial charge on any atom is 0.419 e. The van der Waals surface area contributed by atoms with Gasteiger partial charge >= 0.3 is 5.76 Å². The molecule has 6 heteroatoms. The van der Waals surface area contributed by atoms with Gasteiger partial charge in [-0.25, -0.2) is 4.79 Å². The number of carbonyl (C=O) groups is 1. The Labute approximate surface area is 132 Å². The highest BCUT2D eigenvalue weighted by atomic mass is 16.5. The Morgan fingerprint density at radius 2 is 1.96 bits per heavy atom. The quantitative estimate of drug-likeness (QED) is 0.803. The Bertz CT molecular complexity index is 896. The first-order valence-electron chi connectivity index (χ1n) is 7.08. The number of methoxy groups -OCH3 is 1. The van der Waals surface area contributed by atoms with Gasteiger partial charge in [-0.3, -0.25) is 9.36 Å². The molecule has 1 aromatic heterocycles. The van der Waals surface area contributed by atoms with Crippen molar-refractivity contribution in [1.29, 1.82) is 0 Å². The van der Waals surface area contributed by atoms with Crippen LogP contribution in [0.25, 0.3) is 11.1 Å². The van der Waals surface area contributed by atoms with E-state index in [2.05, 4.69) is 5.32 Å². The summed E-state index contributed by atoms with van der Waals surface area (Å²) < 4.78 is 11.8. The molecule has 0 bridgehead atoms. The molecular weight excluding hydrogens is 296 g/mol. The molecule has 3 rings (SSSR count). The van der Waals surface area contributed by atoms with E-state index in [-0.39, 0.29) is 5.91 Å². The summed E-state index contributed by atoms with van der Waals surface area (Å²) in [6.45, 7) is 0. The fourth-order valence-electron chi connectivity index (χ4n) is 2.44. The van der Waals surface area contributed by atoms with E-state index in [0.29, 0.717) is 16.8 Å². The first kappa shape index (κ1) is 15.1. The number of hydrogen-bond donors (Lipinski definition) is 1. The molecule has 2 aromatic carbocycles. The molecule has 0 radical (unpaired) electrons. The Morgan fingerprint density at radius 3 is 2.65 bits per heavy atom. The maximum atomic E-state index is 12.4. The fourth-order valence-corrected chi connectivity index (χ4v) is 2.44. The molecule has 0 fully saturated rings. The molecule has 3 aromatic rings. The minimum Gasteiger partial charge on any atom is -0.408 e. The third-order valence-corrected chi connectivity index (χ3v) is 3.64. The third-order valence-electron chi connectivity index (χ3n) is 3.64. The largest absolute Gasteiger partial charge is 0.419 e. The van der Waals surface area contributed by atoms with Crippen LogP contribution in [-0.4, -0.2) is 17.6 Å². The zero-order chi connectivity index (χ0) is 16.4. The second-order valence-electron chi connectivity index (χ2n) is 5.13. The number of rotatable bonds is 4. The minimum absolute atomic E-state index is 0.295. The number of benzene rings is 2. The summed E-state index contributed by atoms with van der Waals surface area (Å²) >= 11 is 0. The van der Waals surface area contributed by atoms with Crippen LogP contribution in [-0.2, 0) is 16.6 Å². The molecule has 0 saturated carbocycles. The summed E-state index contributed by atoms with van der Waals surface area (Å²) in [5, 5.41) is 2.78. The fraction of sp³-hybridized carbons (Fsp3) is 0.176. The SMILES string of the molecule is COC(C(=O)Nc1ccc2c(c1)oc(=O)n2C)c1ccccc1. The van der Waals surface area contributed by atoms with E-state index >= 15 is 0 Å². The Balaban J connectivity index is 1.86. The number of fused-ring (bicyclic) bond motifs is 1. The number of aromatic nitrogens is 1. The maximum absolute atomic E-state index is 12.4. The van der Waals surface area contributed by atoms with Crippen LogP contribution in [0.5, 0.6) is 0 Å². The number of aryl methyl sites for hydroxylation is 1. The van der Waals surface area contributed by atoms with Crippen molar-refractivity contribution in [2.45, 2.75) is 6.10 Å². The number of carbonyl (C=O) groups excluding carboxylic acids is 1. The summed E-state index contributed by atoms with van der Waals surface area (Å²) in [5.74, 6) is -0.737. The number of hydrogen-bond acceptors (Lipinski definition) is 4. The predicted octanol–water partition coefficient (Wildman–Crippen LogP) is 2.46. The van der Waals surface area contributed by atoms with Crippen molar-refractivity contribution in [3.63, 3.8) is 0 Å². The van der Waals surface area contributed by atoms with E-state index in [0.717, 1.165) is 5.56 Å². The van der Waals surface area contributed by atoms with Gasteiger partial charge in [-0.2, -0.15) is 0 Å². The van der Waals surface area contributed by atoms with E-state index in [1.54, 1.807) is 25.2 Å². The van der Waals surface area contributed by atoms with E-state index in [9.17, 15) is 9.59 Å². The van der Waals surface area contributed by atoms with Gasteiger partial charge in [-0.15, -0.1) is 0 Å². The predicted molar refractivity (Wildman–Crippen MR) is 86.3 cm³/mol. The molecule has 0 saturated heterocycles. The number of nitrogens with zero attached hydrogens (tertiary/aromatic N) is 1. The second kappa shape index (κ2) is 6.10. The van der Waals surface area contributed by atoms with E-state index < -0.39 is 11.9 Å². The van der Waals surface area contributed by atoms with Crippen LogP contribution in [0.1, 0.15) is 11.7 Å². The molecule has 0 aliphatic heterocycles. The smallest absolute Gasteiger partial charge is 0.408 e. The van der Waals surface area contributed by atoms with Crippen LogP contribution in [0.3, 0.4) is 0 Å². The van der Waals surface area contributed by atoms with Crippen LogP contribution < -0.4 is 11.1 Å². The van der Waals surface area contributed by atoms with E-state index in [1.165, 1.54) is 11.7 Å². The normalized spacial score (nSPS) is 12.3. The monoisotopic (exact) mass is 312 g/mol. The Hall–Kier alpha value is -2.86. The van der Waals surface area contributed by atoms with E-state index in [4.69, 9.17) is 9.15 Å². The Kier molecular flexibility index (Phi) is 3.99. The van der Waals surface area contributed by atoms with Crippen molar-refractivity contribution in [2.24, 2.45) is 7.05 Å². The van der Waals surface area contributed by atoms with Gasteiger partial charge in [0.25, 0.3) is 5.91 Å². The van der Waals surface area contributed by atoms with Gasteiger partial charge in [-0.1, -0.05) is 30.3 Å². The van der Waals surface area contributed by atoms with E-state index in [1.807, 2.05) is 30.3 Å². The number of amides is 1. The molecule has 0 spiro atoms. The van der Waals surface area contributed by atoms with Crippen LogP contribution in [0.15, 0.2) is 57.7 Å². The molecule has 0 aliphatic rings. The number of anilines is 1. The molecule has 1 atom stereocenters. The molecule has 1 unspecified atom stereocenters. The van der Waals surface area contributed by atoms with Crippen LogP contribution in [0.4, 0.5) is 5.69 Å². The zero-order valence-electron chi connectivity index (χ0n) is 12.8. The minimum atomic E-state index is -0.713. The van der Waals surface area contributed by atoms with Crippen molar-refractivity contribution in [3.8, 4) is 0 Å². The van der Waals surface area contributed by atoms with Crippen molar-refractivity contribution in [2.75, 3.05) is 12.4 Å². The lowest BCUT2D eigenvalue weighted by Crippen LogP contribution is -2.22. The first-order valence-corrected chi connectivity index (χ1v) is 7.08. The lowest BCUT2D eigenvalue weighted by molar-refractivity contribution is -0.126. The lowest BCUT2D eigenvalue weighted by atomic mass is 10.1. The number of oxazole rings is 1. The van der Waals surface area contributed by atoms with Crippen LogP contribution >= 0.6 is 0 Å². The summed E-state index contributed by atoms with van der Waals surface area (Å²) in [4.78, 5) is 23.9. The molecule has 6 nitrogen and oxygen atoms in total. The van der Waals surface area contributed by atoms with Crippen molar-refractivity contribution in [3.05, 3.63) is 64.6 Å². The third kappa shape index (κ3) is 2.89. The standard InChI is InChI=1S/C17H16N2O4/c1-19-13-9-8-12(10-14(13)23-17(19)21)18-16(20)15(22-2)11-6-4-3-5-7-11/h3-10,15H,1-2H3,(H,18,20). The second-order valence-corrected chi connectivity index (χ2v) is 5.13. The summed E-state index contributed by atoms with van der Waals surface area (Å²) in [7, 11) is 3.11. The van der Waals surface area contributed by atoms with Gasteiger partial charge in [0, 0.05) is 25.9 Å². The summed E-state index contributed by atoms with van der Waals surface area (Å²) in [6.07, 6.45) is -0.713. The molecule has 1 amide bonds. The van der Waals surface area contributed by atoms with Gasteiger partial charge in [-0.05, 0) is 17.7 Å². The molecule has 23 heavy (non-hydrogen) atoms. The Morgan fingerprint density at radius 1 is 1.22 bits per heavy atom. The average Bonchev–Trinajstić information content (AvgIpc) is 2.83. The first-order chi connectivity index (χ1) is 11.1.